The first-order chi connectivity index (χ1) is 17.6. The Morgan fingerprint density at radius 1 is 1.24 bits per heavy atom. The normalized spacial score (nSPS) is 13.6. The van der Waals surface area contributed by atoms with E-state index in [1.807, 2.05) is 24.1 Å². The minimum atomic E-state index is -1.16. The van der Waals surface area contributed by atoms with Gasteiger partial charge in [-0.25, -0.2) is 4.39 Å². The van der Waals surface area contributed by atoms with Gasteiger partial charge in [0.2, 0.25) is 5.75 Å². The summed E-state index contributed by atoms with van der Waals surface area (Å²) >= 11 is 3.29. The van der Waals surface area contributed by atoms with Crippen LogP contribution >= 0.6 is 15.9 Å². The van der Waals surface area contributed by atoms with Crippen LogP contribution in [0.5, 0.6) is 5.75 Å². The number of benzene rings is 1. The maximum absolute atomic E-state index is 14.5. The van der Waals surface area contributed by atoms with Gasteiger partial charge in [0.15, 0.2) is 6.20 Å². The van der Waals surface area contributed by atoms with Crippen LogP contribution in [0.4, 0.5) is 10.2 Å². The zero-order valence-electron chi connectivity index (χ0n) is 20.7. The molecule has 9 nitrogen and oxygen atoms in total. The van der Waals surface area contributed by atoms with E-state index in [1.54, 1.807) is 24.6 Å². The van der Waals surface area contributed by atoms with E-state index in [0.29, 0.717) is 27.7 Å². The fourth-order valence-electron chi connectivity index (χ4n) is 4.45. The van der Waals surface area contributed by atoms with Crippen molar-refractivity contribution in [2.24, 2.45) is 13.0 Å². The smallest absolute Gasteiger partial charge is 0.406 e. The Hall–Kier alpha value is -3.60. The Kier molecular flexibility index (Phi) is 6.57. The number of hydrogen-bond acceptors (Lipinski definition) is 6. The van der Waals surface area contributed by atoms with Gasteiger partial charge in [-0.1, -0.05) is 0 Å². The molecule has 192 valence electrons. The van der Waals surface area contributed by atoms with Gasteiger partial charge in [0.05, 0.1) is 16.4 Å². The lowest BCUT2D eigenvalue weighted by atomic mass is 9.89. The molecule has 0 spiro atoms. The predicted octanol–water partition coefficient (Wildman–Crippen LogP) is 5.80. The Morgan fingerprint density at radius 2 is 2.03 bits per heavy atom. The van der Waals surface area contributed by atoms with Crippen molar-refractivity contribution >= 4 is 21.7 Å². The van der Waals surface area contributed by atoms with Crippen molar-refractivity contribution in [2.45, 2.75) is 45.3 Å². The van der Waals surface area contributed by atoms with E-state index in [9.17, 15) is 14.5 Å². The van der Waals surface area contributed by atoms with Gasteiger partial charge in [-0.05, 0) is 82.2 Å². The third-order valence-electron chi connectivity index (χ3n) is 6.35. The maximum atomic E-state index is 14.5. The average Bonchev–Trinajstić information content (AvgIpc) is 3.41. The molecule has 0 unspecified atom stereocenters. The summed E-state index contributed by atoms with van der Waals surface area (Å²) in [6, 6.07) is 5.92. The van der Waals surface area contributed by atoms with E-state index >= 15 is 0 Å². The van der Waals surface area contributed by atoms with Crippen LogP contribution in [-0.2, 0) is 25.6 Å². The molecule has 0 aliphatic heterocycles. The number of rotatable bonds is 9. The van der Waals surface area contributed by atoms with E-state index in [-0.39, 0.29) is 5.75 Å². The number of aromatic nitrogens is 5. The Balaban J connectivity index is 1.51. The number of pyridine rings is 1. The zero-order chi connectivity index (χ0) is 26.3. The molecule has 0 atom stereocenters. The number of halogens is 2. The molecule has 5 rings (SSSR count). The molecule has 3 heterocycles. The van der Waals surface area contributed by atoms with E-state index < -0.39 is 22.2 Å². The van der Waals surface area contributed by atoms with Crippen molar-refractivity contribution in [3.63, 3.8) is 0 Å². The average molecular weight is 569 g/mol. The molecule has 1 aromatic carbocycles. The first-order valence-electron chi connectivity index (χ1n) is 11.9. The summed E-state index contributed by atoms with van der Waals surface area (Å²) < 4.78 is 24.9. The first kappa shape index (κ1) is 25.1. The molecule has 1 saturated carbocycles. The molecule has 1 aliphatic rings. The van der Waals surface area contributed by atoms with Crippen LogP contribution in [0, 0.1) is 21.8 Å². The second kappa shape index (κ2) is 9.70. The van der Waals surface area contributed by atoms with E-state index in [1.165, 1.54) is 37.2 Å². The summed E-state index contributed by atoms with van der Waals surface area (Å²) in [5.74, 6) is -0.169. The molecule has 37 heavy (non-hydrogen) atoms. The summed E-state index contributed by atoms with van der Waals surface area (Å²) in [6.07, 6.45) is 10.3. The van der Waals surface area contributed by atoms with Crippen LogP contribution in [-0.4, -0.2) is 29.5 Å². The van der Waals surface area contributed by atoms with E-state index in [2.05, 4.69) is 32.2 Å². The summed E-state index contributed by atoms with van der Waals surface area (Å²) in [5.41, 5.74) is 2.72. The maximum Gasteiger partial charge on any atom is 0.406 e. The van der Waals surface area contributed by atoms with Gasteiger partial charge in [-0.2, -0.15) is 10.2 Å². The van der Waals surface area contributed by atoms with Gasteiger partial charge in [0.1, 0.15) is 11.4 Å². The van der Waals surface area contributed by atoms with Crippen LogP contribution in [0.3, 0.4) is 0 Å². The van der Waals surface area contributed by atoms with Crippen LogP contribution in [0.25, 0.3) is 11.3 Å². The van der Waals surface area contributed by atoms with Crippen LogP contribution in [0.1, 0.15) is 43.4 Å². The number of nitrogens with zero attached hydrogens (tertiary/aromatic N) is 6. The third-order valence-corrected chi connectivity index (χ3v) is 6.78. The molecule has 11 heteroatoms. The molecular weight excluding hydrogens is 543 g/mol. The van der Waals surface area contributed by atoms with Gasteiger partial charge in [-0.15, -0.1) is 0 Å². The summed E-state index contributed by atoms with van der Waals surface area (Å²) in [5, 5.41) is 20.7. The van der Waals surface area contributed by atoms with Crippen LogP contribution < -0.4 is 4.74 Å². The molecule has 0 bridgehead atoms. The molecule has 0 N–H and O–H groups in total. The quantitative estimate of drug-likeness (QED) is 0.187. The minimum absolute atomic E-state index is 0.0242. The molecule has 1 fully saturated rings. The fourth-order valence-corrected chi connectivity index (χ4v) is 4.76. The van der Waals surface area contributed by atoms with Crippen molar-refractivity contribution < 1.29 is 14.1 Å². The molecule has 4 aromatic rings. The molecule has 0 amide bonds. The Labute approximate surface area is 221 Å². The standard InChI is InChI=1S/C26H26BrFN6O3/c1-26(2,37-23-9-19(27)12-29-25(23)34(35)36)22-10-20(28)6-7-21(22)24-18(15-32(3)31-24)8-17-11-30-33(14-17)13-16-4-5-16/h6-7,9-12,14-16H,4-5,8,13H2,1-3H3. The second-order valence-electron chi connectivity index (χ2n) is 9.90. The van der Waals surface area contributed by atoms with E-state index in [0.717, 1.165) is 23.6 Å². The SMILES string of the molecule is Cn1cc(Cc2cnn(CC3CC3)c2)c(-c2ccc(F)cc2C(C)(C)Oc2cc(Br)cnc2[N+](=O)[O-])n1. The molecular formula is C26H26BrFN6O3. The lowest BCUT2D eigenvalue weighted by Gasteiger charge is -2.28. The third kappa shape index (κ3) is 5.56. The van der Waals surface area contributed by atoms with Crippen LogP contribution in [0.2, 0.25) is 0 Å². The van der Waals surface area contributed by atoms with Crippen molar-refractivity contribution in [1.29, 1.82) is 0 Å². The highest BCUT2D eigenvalue weighted by molar-refractivity contribution is 9.10. The molecule has 1 aliphatic carbocycles. The Morgan fingerprint density at radius 3 is 2.76 bits per heavy atom. The Bertz CT molecular complexity index is 1480. The molecule has 3 aromatic heterocycles. The molecule has 0 saturated heterocycles. The van der Waals surface area contributed by atoms with Crippen molar-refractivity contribution in [2.75, 3.05) is 0 Å². The van der Waals surface area contributed by atoms with Gasteiger partial charge < -0.3 is 14.9 Å². The number of aryl methyl sites for hydroxylation is 1. The monoisotopic (exact) mass is 568 g/mol. The van der Waals surface area contributed by atoms with Crippen molar-refractivity contribution in [3.8, 4) is 17.0 Å². The second-order valence-corrected chi connectivity index (χ2v) is 10.8. The highest BCUT2D eigenvalue weighted by Crippen LogP contribution is 2.39. The van der Waals surface area contributed by atoms with Crippen molar-refractivity contribution in [3.05, 3.63) is 86.1 Å². The van der Waals surface area contributed by atoms with Gasteiger partial charge in [0.25, 0.3) is 0 Å². The lowest BCUT2D eigenvalue weighted by Crippen LogP contribution is -2.27. The number of ether oxygens (including phenoxy) is 1. The van der Waals surface area contributed by atoms with Crippen molar-refractivity contribution in [1.82, 2.24) is 24.5 Å². The van der Waals surface area contributed by atoms with E-state index in [4.69, 9.17) is 9.84 Å². The molecule has 0 radical (unpaired) electrons. The number of hydrogen-bond donors (Lipinski definition) is 0. The first-order valence-corrected chi connectivity index (χ1v) is 12.7. The summed E-state index contributed by atoms with van der Waals surface area (Å²) in [6.45, 7) is 4.41. The summed E-state index contributed by atoms with van der Waals surface area (Å²) in [4.78, 5) is 14.8. The number of nitro groups is 1. The lowest BCUT2D eigenvalue weighted by molar-refractivity contribution is -0.391. The fraction of sp³-hybridized carbons (Fsp3) is 0.346. The highest BCUT2D eigenvalue weighted by atomic mass is 79.9. The summed E-state index contributed by atoms with van der Waals surface area (Å²) in [7, 11) is 1.84. The topological polar surface area (TPSA) is 101 Å². The van der Waals surface area contributed by atoms with Crippen LogP contribution in [0.15, 0.2) is 53.5 Å². The van der Waals surface area contributed by atoms with Gasteiger partial charge >= 0.3 is 5.82 Å². The largest absolute Gasteiger partial charge is 0.475 e. The highest BCUT2D eigenvalue weighted by Gasteiger charge is 2.32. The minimum Gasteiger partial charge on any atom is -0.475 e. The van der Waals surface area contributed by atoms with Gasteiger partial charge in [-0.3, -0.25) is 9.36 Å². The predicted molar refractivity (Wildman–Crippen MR) is 139 cm³/mol. The van der Waals surface area contributed by atoms with Gasteiger partial charge in [0, 0.05) is 55.2 Å². The zero-order valence-corrected chi connectivity index (χ0v) is 22.3.